The molecule has 0 unspecified atom stereocenters. The highest BCUT2D eigenvalue weighted by Gasteiger charge is 2.53. The number of hydrogen-bond acceptors (Lipinski definition) is 3. The van der Waals surface area contributed by atoms with E-state index in [2.05, 4.69) is 187 Å². The number of ether oxygens (including phenoxy) is 2. The maximum atomic E-state index is 7.11. The van der Waals surface area contributed by atoms with Gasteiger partial charge in [0.05, 0.1) is 11.1 Å². The molecule has 1 spiro atoms. The molecule has 252 valence electrons. The third-order valence-corrected chi connectivity index (χ3v) is 11.7. The zero-order valence-electron chi connectivity index (χ0n) is 29.2. The summed E-state index contributed by atoms with van der Waals surface area (Å²) in [5.74, 6) is 2.86. The quantitative estimate of drug-likeness (QED) is 0.184. The number of hydrogen-bond donors (Lipinski definition) is 0. The summed E-state index contributed by atoms with van der Waals surface area (Å²) in [5, 5.41) is 4.78. The van der Waals surface area contributed by atoms with Gasteiger partial charge in [0.25, 0.3) is 0 Å². The average molecular weight is 690 g/mol. The van der Waals surface area contributed by atoms with Crippen LogP contribution in [-0.2, 0) is 5.41 Å². The first-order valence-electron chi connectivity index (χ1n) is 18.5. The van der Waals surface area contributed by atoms with Crippen LogP contribution < -0.4 is 14.4 Å². The van der Waals surface area contributed by atoms with Gasteiger partial charge in [-0.1, -0.05) is 140 Å². The predicted octanol–water partition coefficient (Wildman–Crippen LogP) is 13.7. The van der Waals surface area contributed by atoms with E-state index in [1.54, 1.807) is 0 Å². The normalized spacial score (nSPS) is 13.6. The van der Waals surface area contributed by atoms with Crippen LogP contribution >= 0.6 is 0 Å². The van der Waals surface area contributed by atoms with Gasteiger partial charge in [0, 0.05) is 23.0 Å². The van der Waals surface area contributed by atoms with E-state index >= 15 is 0 Å². The fourth-order valence-electron chi connectivity index (χ4n) is 9.42. The minimum absolute atomic E-state index is 0.456. The van der Waals surface area contributed by atoms with Gasteiger partial charge in [0.15, 0.2) is 23.0 Å². The van der Waals surface area contributed by atoms with Crippen LogP contribution in [0.2, 0.25) is 0 Å². The van der Waals surface area contributed by atoms with E-state index in [0.29, 0.717) is 11.5 Å². The summed E-state index contributed by atoms with van der Waals surface area (Å²) in [6, 6.07) is 67.5. The zero-order valence-corrected chi connectivity index (χ0v) is 29.2. The van der Waals surface area contributed by atoms with Crippen molar-refractivity contribution in [3.8, 4) is 45.3 Å². The van der Waals surface area contributed by atoms with Crippen molar-refractivity contribution < 1.29 is 9.47 Å². The molecule has 9 aromatic rings. The van der Waals surface area contributed by atoms with Crippen molar-refractivity contribution in [2.45, 2.75) is 5.41 Å². The number of anilines is 3. The van der Waals surface area contributed by atoms with Crippen LogP contribution in [-0.4, -0.2) is 0 Å². The average Bonchev–Trinajstić information content (AvgIpc) is 3.71. The summed E-state index contributed by atoms with van der Waals surface area (Å²) in [6.45, 7) is 0. The minimum Gasteiger partial charge on any atom is -0.449 e. The van der Waals surface area contributed by atoms with Crippen molar-refractivity contribution in [2.75, 3.05) is 4.90 Å². The molecule has 0 radical (unpaired) electrons. The van der Waals surface area contributed by atoms with Gasteiger partial charge < -0.3 is 14.4 Å². The van der Waals surface area contributed by atoms with Crippen molar-refractivity contribution in [3.63, 3.8) is 0 Å². The topological polar surface area (TPSA) is 21.7 Å². The SMILES string of the molecule is c1ccc2c(c1)-c1ccccc1C21c2ccccc2-c2c1ccc1c2Oc2cc(N(c3ccc4ccccc4c3)c3ccc4ccccc4c3)ccc2O1. The van der Waals surface area contributed by atoms with Gasteiger partial charge in [0.1, 0.15) is 0 Å². The molecule has 0 saturated heterocycles. The predicted molar refractivity (Wildman–Crippen MR) is 219 cm³/mol. The molecule has 0 N–H and O–H groups in total. The Morgan fingerprint density at radius 2 is 0.815 bits per heavy atom. The second-order valence-electron chi connectivity index (χ2n) is 14.4. The van der Waals surface area contributed by atoms with Crippen LogP contribution in [0.3, 0.4) is 0 Å². The van der Waals surface area contributed by atoms with Crippen LogP contribution in [0.15, 0.2) is 188 Å². The highest BCUT2D eigenvalue weighted by Crippen LogP contribution is 2.66. The third-order valence-electron chi connectivity index (χ3n) is 11.7. The Kier molecular flexibility index (Phi) is 5.98. The molecule has 0 aromatic heterocycles. The van der Waals surface area contributed by atoms with Crippen LogP contribution in [0.4, 0.5) is 17.1 Å². The number of nitrogens with zero attached hydrogens (tertiary/aromatic N) is 1. The molecule has 0 amide bonds. The standard InChI is InChI=1S/C51H31NO2/c1-3-13-34-29-36(23-21-32(34)11-1)52(37-24-22-33-12-2-4-14-35(33)30-37)38-25-27-46-48(31-38)54-50-47(53-46)28-26-45-49(50)41-17-7-10-20-44(41)51(45)42-18-8-5-15-39(42)40-16-6-9-19-43(40)51/h1-31H. The molecule has 12 rings (SSSR count). The van der Waals surface area contributed by atoms with Crippen molar-refractivity contribution in [3.05, 3.63) is 210 Å². The van der Waals surface area contributed by atoms with Crippen LogP contribution in [0.5, 0.6) is 23.0 Å². The van der Waals surface area contributed by atoms with Gasteiger partial charge >= 0.3 is 0 Å². The Labute approximate surface area is 312 Å². The minimum atomic E-state index is -0.456. The fraction of sp³-hybridized carbons (Fsp3) is 0.0196. The van der Waals surface area contributed by atoms with Gasteiger partial charge in [-0.2, -0.15) is 0 Å². The summed E-state index contributed by atoms with van der Waals surface area (Å²) in [6.07, 6.45) is 0. The van der Waals surface area contributed by atoms with Gasteiger partial charge in [-0.25, -0.2) is 0 Å². The van der Waals surface area contributed by atoms with Gasteiger partial charge in [-0.3, -0.25) is 0 Å². The number of benzene rings is 9. The molecule has 0 saturated carbocycles. The highest BCUT2D eigenvalue weighted by atomic mass is 16.6. The number of rotatable bonds is 3. The molecule has 3 nitrogen and oxygen atoms in total. The zero-order chi connectivity index (χ0) is 35.4. The second-order valence-corrected chi connectivity index (χ2v) is 14.4. The van der Waals surface area contributed by atoms with E-state index in [1.807, 2.05) is 6.07 Å². The first kappa shape index (κ1) is 29.5. The highest BCUT2D eigenvalue weighted by molar-refractivity contribution is 5.98. The van der Waals surface area contributed by atoms with Gasteiger partial charge in [0.2, 0.25) is 0 Å². The Morgan fingerprint density at radius 1 is 0.333 bits per heavy atom. The Hall–Kier alpha value is -7.10. The second kappa shape index (κ2) is 11.0. The van der Waals surface area contributed by atoms with Crippen molar-refractivity contribution in [2.24, 2.45) is 0 Å². The first-order valence-corrected chi connectivity index (χ1v) is 18.5. The maximum Gasteiger partial charge on any atom is 0.178 e. The molecule has 3 heteroatoms. The molecule has 54 heavy (non-hydrogen) atoms. The molecular weight excluding hydrogens is 659 g/mol. The van der Waals surface area contributed by atoms with E-state index < -0.39 is 5.41 Å². The van der Waals surface area contributed by atoms with Crippen molar-refractivity contribution in [1.82, 2.24) is 0 Å². The molecule has 1 aliphatic heterocycles. The Bertz CT molecular complexity index is 2910. The number of fused-ring (bicyclic) bond motifs is 15. The monoisotopic (exact) mass is 689 g/mol. The molecule has 9 aromatic carbocycles. The lowest BCUT2D eigenvalue weighted by atomic mass is 9.70. The van der Waals surface area contributed by atoms with E-state index in [4.69, 9.17) is 9.47 Å². The fourth-order valence-corrected chi connectivity index (χ4v) is 9.42. The molecule has 3 aliphatic rings. The summed E-state index contributed by atoms with van der Waals surface area (Å²) < 4.78 is 13.8. The van der Waals surface area contributed by atoms with E-state index in [9.17, 15) is 0 Å². The van der Waals surface area contributed by atoms with Gasteiger partial charge in [-0.15, -0.1) is 0 Å². The summed E-state index contributed by atoms with van der Waals surface area (Å²) in [5.41, 5.74) is 12.6. The van der Waals surface area contributed by atoms with Crippen LogP contribution in [0.25, 0.3) is 43.8 Å². The van der Waals surface area contributed by atoms with E-state index in [0.717, 1.165) is 34.1 Å². The van der Waals surface area contributed by atoms with Gasteiger partial charge in [-0.05, 0) is 103 Å². The van der Waals surface area contributed by atoms with Crippen molar-refractivity contribution >= 4 is 38.6 Å². The molecule has 0 bridgehead atoms. The summed E-state index contributed by atoms with van der Waals surface area (Å²) >= 11 is 0. The molecule has 0 fully saturated rings. The maximum absolute atomic E-state index is 7.11. The first-order chi connectivity index (χ1) is 26.8. The lowest BCUT2D eigenvalue weighted by Gasteiger charge is -2.31. The lowest BCUT2D eigenvalue weighted by Crippen LogP contribution is -2.25. The summed E-state index contributed by atoms with van der Waals surface area (Å²) in [7, 11) is 0. The van der Waals surface area contributed by atoms with Crippen LogP contribution in [0, 0.1) is 0 Å². The Balaban J connectivity index is 1.04. The van der Waals surface area contributed by atoms with E-state index in [-0.39, 0.29) is 0 Å². The summed E-state index contributed by atoms with van der Waals surface area (Å²) in [4.78, 5) is 2.31. The van der Waals surface area contributed by atoms with E-state index in [1.165, 1.54) is 60.5 Å². The molecular formula is C51H31NO2. The third kappa shape index (κ3) is 3.96. The Morgan fingerprint density at radius 3 is 1.44 bits per heavy atom. The largest absolute Gasteiger partial charge is 0.449 e. The molecule has 0 atom stereocenters. The molecule has 1 heterocycles. The van der Waals surface area contributed by atoms with Crippen LogP contribution in [0.1, 0.15) is 22.3 Å². The smallest absolute Gasteiger partial charge is 0.178 e. The van der Waals surface area contributed by atoms with Crippen molar-refractivity contribution in [1.29, 1.82) is 0 Å². The lowest BCUT2D eigenvalue weighted by molar-refractivity contribution is 0.360. The molecule has 2 aliphatic carbocycles.